The van der Waals surface area contributed by atoms with Crippen molar-refractivity contribution in [3.8, 4) is 0 Å². The van der Waals surface area contributed by atoms with E-state index in [4.69, 9.17) is 0 Å². The van der Waals surface area contributed by atoms with E-state index < -0.39 is 11.7 Å². The highest BCUT2D eigenvalue weighted by Gasteiger charge is 2.33. The number of alkyl halides is 3. The third kappa shape index (κ3) is 4.41. The smallest absolute Gasteiger partial charge is 0.381 e. The number of halogens is 4. The van der Waals surface area contributed by atoms with Gasteiger partial charge in [-0.2, -0.15) is 13.2 Å². The Morgan fingerprint density at radius 1 is 1.10 bits per heavy atom. The molecule has 21 heavy (non-hydrogen) atoms. The third-order valence-corrected chi connectivity index (χ3v) is 4.36. The van der Waals surface area contributed by atoms with Gasteiger partial charge in [-0.3, -0.25) is 0 Å². The number of anilines is 1. The molecule has 0 heterocycles. The molecule has 1 nitrogen and oxygen atoms in total. The molecule has 0 aromatic heterocycles. The summed E-state index contributed by atoms with van der Waals surface area (Å²) < 4.78 is 38.5. The van der Waals surface area contributed by atoms with Crippen molar-refractivity contribution in [2.24, 2.45) is 0 Å². The van der Waals surface area contributed by atoms with Crippen molar-refractivity contribution in [3.63, 3.8) is 0 Å². The lowest BCUT2D eigenvalue weighted by molar-refractivity contribution is -0.138. The summed E-state index contributed by atoms with van der Waals surface area (Å²) in [6, 6.07) is 12.0. The summed E-state index contributed by atoms with van der Waals surface area (Å²) in [4.78, 5) is 1.15. The van der Waals surface area contributed by atoms with Gasteiger partial charge in [-0.1, -0.05) is 28.1 Å². The van der Waals surface area contributed by atoms with Crippen LogP contribution in [0.5, 0.6) is 0 Å². The standard InChI is InChI=1S/C15H13BrF3NS/c1-21-12-5-2-10(3-6-12)9-20-11-4-7-14(16)13(8-11)15(17,18)19/h2-8,20H,9H2,1H3. The largest absolute Gasteiger partial charge is 0.417 e. The maximum Gasteiger partial charge on any atom is 0.417 e. The van der Waals surface area contributed by atoms with Gasteiger partial charge in [0.2, 0.25) is 0 Å². The Labute approximate surface area is 134 Å². The molecule has 0 fully saturated rings. The van der Waals surface area contributed by atoms with Gasteiger partial charge in [0, 0.05) is 21.6 Å². The van der Waals surface area contributed by atoms with Gasteiger partial charge < -0.3 is 5.32 Å². The van der Waals surface area contributed by atoms with Gasteiger partial charge in [0.15, 0.2) is 0 Å². The fraction of sp³-hybridized carbons (Fsp3) is 0.200. The van der Waals surface area contributed by atoms with Gasteiger partial charge in [0.25, 0.3) is 0 Å². The van der Waals surface area contributed by atoms with Gasteiger partial charge in [-0.05, 0) is 42.2 Å². The summed E-state index contributed by atoms with van der Waals surface area (Å²) in [5, 5.41) is 3.01. The highest BCUT2D eigenvalue weighted by Crippen LogP contribution is 2.36. The Kier molecular flexibility index (Phi) is 5.22. The zero-order valence-electron chi connectivity index (χ0n) is 11.2. The summed E-state index contributed by atoms with van der Waals surface area (Å²) in [6.07, 6.45) is -2.37. The van der Waals surface area contributed by atoms with E-state index >= 15 is 0 Å². The van der Waals surface area contributed by atoms with Crippen LogP contribution >= 0.6 is 27.7 Å². The fourth-order valence-electron chi connectivity index (χ4n) is 1.80. The summed E-state index contributed by atoms with van der Waals surface area (Å²) >= 11 is 4.58. The molecule has 0 radical (unpaired) electrons. The molecule has 0 atom stereocenters. The zero-order valence-corrected chi connectivity index (χ0v) is 13.6. The molecule has 2 aromatic rings. The molecule has 112 valence electrons. The second-order valence-electron chi connectivity index (χ2n) is 4.39. The van der Waals surface area contributed by atoms with E-state index in [0.717, 1.165) is 16.5 Å². The van der Waals surface area contributed by atoms with Crippen LogP contribution in [0.15, 0.2) is 51.8 Å². The van der Waals surface area contributed by atoms with Crippen LogP contribution in [0.25, 0.3) is 0 Å². The fourth-order valence-corrected chi connectivity index (χ4v) is 2.68. The second kappa shape index (κ2) is 6.75. The Morgan fingerprint density at radius 3 is 2.33 bits per heavy atom. The molecule has 0 bridgehead atoms. The van der Waals surface area contributed by atoms with Gasteiger partial charge in [-0.15, -0.1) is 11.8 Å². The third-order valence-electron chi connectivity index (χ3n) is 2.93. The van der Waals surface area contributed by atoms with Crippen molar-refractivity contribution >= 4 is 33.4 Å². The number of benzene rings is 2. The topological polar surface area (TPSA) is 12.0 Å². The van der Waals surface area contributed by atoms with E-state index in [0.29, 0.717) is 12.2 Å². The first-order valence-corrected chi connectivity index (χ1v) is 8.15. The molecule has 0 aliphatic rings. The van der Waals surface area contributed by atoms with E-state index in [1.165, 1.54) is 6.07 Å². The summed E-state index contributed by atoms with van der Waals surface area (Å²) in [7, 11) is 0. The molecule has 6 heteroatoms. The normalized spacial score (nSPS) is 11.5. The number of rotatable bonds is 4. The molecule has 0 unspecified atom stereocenters. The first-order chi connectivity index (χ1) is 9.90. The number of hydrogen-bond donors (Lipinski definition) is 1. The first kappa shape index (κ1) is 16.2. The minimum Gasteiger partial charge on any atom is -0.381 e. The van der Waals surface area contributed by atoms with Crippen LogP contribution in [-0.4, -0.2) is 6.26 Å². The second-order valence-corrected chi connectivity index (χ2v) is 6.13. The summed E-state index contributed by atoms with van der Waals surface area (Å²) in [5.74, 6) is 0. The molecular formula is C15H13BrF3NS. The van der Waals surface area contributed by atoms with E-state index in [9.17, 15) is 13.2 Å². The van der Waals surface area contributed by atoms with Crippen molar-refractivity contribution in [2.75, 3.05) is 11.6 Å². The SMILES string of the molecule is CSc1ccc(CNc2ccc(Br)c(C(F)(F)F)c2)cc1. The lowest BCUT2D eigenvalue weighted by Gasteiger charge is -2.12. The van der Waals surface area contributed by atoms with Crippen molar-refractivity contribution in [1.82, 2.24) is 0 Å². The van der Waals surface area contributed by atoms with Gasteiger partial charge in [0.05, 0.1) is 5.56 Å². The minimum absolute atomic E-state index is 0.0462. The van der Waals surface area contributed by atoms with Crippen LogP contribution in [0.3, 0.4) is 0 Å². The highest BCUT2D eigenvalue weighted by atomic mass is 79.9. The molecule has 0 spiro atoms. The summed E-state index contributed by atoms with van der Waals surface area (Å²) in [5.41, 5.74) is 0.786. The van der Waals surface area contributed by atoms with E-state index in [1.807, 2.05) is 30.5 Å². The average Bonchev–Trinajstić information content (AvgIpc) is 2.45. The predicted molar refractivity (Wildman–Crippen MR) is 84.7 cm³/mol. The lowest BCUT2D eigenvalue weighted by Crippen LogP contribution is -2.07. The maximum absolute atomic E-state index is 12.8. The Bertz CT molecular complexity index is 611. The highest BCUT2D eigenvalue weighted by molar-refractivity contribution is 9.10. The van der Waals surface area contributed by atoms with Crippen molar-refractivity contribution in [1.29, 1.82) is 0 Å². The molecule has 0 amide bonds. The molecule has 2 rings (SSSR count). The van der Waals surface area contributed by atoms with Crippen molar-refractivity contribution < 1.29 is 13.2 Å². The van der Waals surface area contributed by atoms with E-state index in [1.54, 1.807) is 17.8 Å². The Morgan fingerprint density at radius 2 is 1.76 bits per heavy atom. The van der Waals surface area contributed by atoms with Gasteiger partial charge in [0.1, 0.15) is 0 Å². The molecule has 1 N–H and O–H groups in total. The quantitative estimate of drug-likeness (QED) is 0.677. The zero-order chi connectivity index (χ0) is 15.5. The molecule has 0 saturated carbocycles. The van der Waals surface area contributed by atoms with Crippen LogP contribution in [-0.2, 0) is 12.7 Å². The van der Waals surface area contributed by atoms with Gasteiger partial charge >= 0.3 is 6.18 Å². The van der Waals surface area contributed by atoms with Crippen LogP contribution in [0.4, 0.5) is 18.9 Å². The van der Waals surface area contributed by atoms with Crippen LogP contribution < -0.4 is 5.32 Å². The lowest BCUT2D eigenvalue weighted by atomic mass is 10.2. The summed E-state index contributed by atoms with van der Waals surface area (Å²) in [6.45, 7) is 0.480. The van der Waals surface area contributed by atoms with Crippen LogP contribution in [0, 0.1) is 0 Å². The average molecular weight is 376 g/mol. The number of thioether (sulfide) groups is 1. The van der Waals surface area contributed by atoms with E-state index in [2.05, 4.69) is 21.2 Å². The van der Waals surface area contributed by atoms with Crippen LogP contribution in [0.1, 0.15) is 11.1 Å². The Balaban J connectivity index is 2.09. The maximum atomic E-state index is 12.8. The predicted octanol–water partition coefficient (Wildman–Crippen LogP) is 5.80. The number of hydrogen-bond acceptors (Lipinski definition) is 2. The van der Waals surface area contributed by atoms with Gasteiger partial charge in [-0.25, -0.2) is 0 Å². The van der Waals surface area contributed by atoms with E-state index in [-0.39, 0.29) is 4.47 Å². The minimum atomic E-state index is -4.36. The molecular weight excluding hydrogens is 363 g/mol. The molecule has 2 aromatic carbocycles. The van der Waals surface area contributed by atoms with Crippen molar-refractivity contribution in [3.05, 3.63) is 58.1 Å². The number of nitrogens with one attached hydrogen (secondary N) is 1. The molecule has 0 saturated heterocycles. The Hall–Kier alpha value is -1.14. The molecule has 0 aliphatic heterocycles. The van der Waals surface area contributed by atoms with Crippen molar-refractivity contribution in [2.45, 2.75) is 17.6 Å². The van der Waals surface area contributed by atoms with Crippen LogP contribution in [0.2, 0.25) is 0 Å². The monoisotopic (exact) mass is 375 g/mol. The molecule has 0 aliphatic carbocycles. The first-order valence-electron chi connectivity index (χ1n) is 6.13.